The molecule has 1 aromatic carbocycles. The summed E-state index contributed by atoms with van der Waals surface area (Å²) in [4.78, 5) is 11.1. The van der Waals surface area contributed by atoms with Crippen molar-refractivity contribution in [2.24, 2.45) is 0 Å². The van der Waals surface area contributed by atoms with E-state index in [4.69, 9.17) is 9.15 Å². The van der Waals surface area contributed by atoms with Crippen LogP contribution in [0.15, 0.2) is 62.8 Å². The van der Waals surface area contributed by atoms with E-state index >= 15 is 0 Å². The predicted molar refractivity (Wildman–Crippen MR) is 89.6 cm³/mol. The first-order chi connectivity index (χ1) is 12.0. The van der Waals surface area contributed by atoms with Gasteiger partial charge in [0.2, 0.25) is 10.0 Å². The SMILES string of the molecule is COc1ccc(-c2ccc(=O)[nH]n2)cc1S(=O)(=O)NCc1ccco1. The summed E-state index contributed by atoms with van der Waals surface area (Å²) >= 11 is 0. The van der Waals surface area contributed by atoms with Crippen LogP contribution in [0.25, 0.3) is 11.3 Å². The van der Waals surface area contributed by atoms with E-state index in [0.717, 1.165) is 0 Å². The topological polar surface area (TPSA) is 114 Å². The molecule has 3 rings (SSSR count). The number of hydrogen-bond acceptors (Lipinski definition) is 6. The molecule has 0 spiro atoms. The number of benzene rings is 1. The maximum Gasteiger partial charge on any atom is 0.264 e. The zero-order valence-electron chi connectivity index (χ0n) is 13.2. The van der Waals surface area contributed by atoms with Gasteiger partial charge in [0.25, 0.3) is 5.56 Å². The fourth-order valence-electron chi connectivity index (χ4n) is 2.21. The Morgan fingerprint density at radius 2 is 2.08 bits per heavy atom. The first-order valence-electron chi connectivity index (χ1n) is 7.26. The van der Waals surface area contributed by atoms with Crippen LogP contribution in [0.5, 0.6) is 5.75 Å². The lowest BCUT2D eigenvalue weighted by molar-refractivity contribution is 0.402. The van der Waals surface area contributed by atoms with Gasteiger partial charge in [-0.2, -0.15) is 5.10 Å². The van der Waals surface area contributed by atoms with Gasteiger partial charge in [0.15, 0.2) is 0 Å². The monoisotopic (exact) mass is 361 g/mol. The highest BCUT2D eigenvalue weighted by Crippen LogP contribution is 2.28. The van der Waals surface area contributed by atoms with Crippen molar-refractivity contribution >= 4 is 10.0 Å². The maximum absolute atomic E-state index is 12.6. The Labute approximate surface area is 143 Å². The van der Waals surface area contributed by atoms with E-state index in [2.05, 4.69) is 14.9 Å². The number of aromatic nitrogens is 2. The molecule has 3 aromatic rings. The molecule has 0 unspecified atom stereocenters. The minimum atomic E-state index is -3.85. The molecule has 0 amide bonds. The van der Waals surface area contributed by atoms with Gasteiger partial charge in [0.05, 0.1) is 25.6 Å². The Morgan fingerprint density at radius 1 is 1.24 bits per heavy atom. The fraction of sp³-hybridized carbons (Fsp3) is 0.125. The van der Waals surface area contributed by atoms with Crippen molar-refractivity contribution in [3.63, 3.8) is 0 Å². The van der Waals surface area contributed by atoms with E-state index < -0.39 is 10.0 Å². The second-order valence-electron chi connectivity index (χ2n) is 5.08. The average Bonchev–Trinajstić information content (AvgIpc) is 3.14. The third-order valence-corrected chi connectivity index (χ3v) is 4.87. The molecule has 9 heteroatoms. The van der Waals surface area contributed by atoms with Crippen LogP contribution in [0.2, 0.25) is 0 Å². The Kier molecular flexibility index (Phi) is 4.68. The highest BCUT2D eigenvalue weighted by atomic mass is 32.2. The molecular formula is C16H15N3O5S. The summed E-state index contributed by atoms with van der Waals surface area (Å²) in [7, 11) is -2.46. The van der Waals surface area contributed by atoms with Crippen LogP contribution in [-0.2, 0) is 16.6 Å². The number of aromatic amines is 1. The molecule has 0 atom stereocenters. The predicted octanol–water partition coefficient (Wildman–Crippen LogP) is 1.52. The number of H-pyrrole nitrogens is 1. The molecule has 2 aromatic heterocycles. The van der Waals surface area contributed by atoms with E-state index in [0.29, 0.717) is 17.0 Å². The second kappa shape index (κ2) is 6.91. The van der Waals surface area contributed by atoms with Crippen LogP contribution >= 0.6 is 0 Å². The summed E-state index contributed by atoms with van der Waals surface area (Å²) < 4.78 is 38.0. The van der Waals surface area contributed by atoms with Crippen molar-refractivity contribution in [1.29, 1.82) is 0 Å². The van der Waals surface area contributed by atoms with Crippen molar-refractivity contribution < 1.29 is 17.6 Å². The molecule has 0 radical (unpaired) electrons. The summed E-state index contributed by atoms with van der Waals surface area (Å²) in [6, 6.07) is 10.8. The van der Waals surface area contributed by atoms with Gasteiger partial charge in [0, 0.05) is 11.6 Å². The van der Waals surface area contributed by atoms with Gasteiger partial charge >= 0.3 is 0 Å². The van der Waals surface area contributed by atoms with E-state index in [9.17, 15) is 13.2 Å². The largest absolute Gasteiger partial charge is 0.495 e. The molecule has 130 valence electrons. The molecule has 2 heterocycles. The minimum absolute atomic E-state index is 0.0135. The molecule has 2 N–H and O–H groups in total. The fourth-order valence-corrected chi connectivity index (χ4v) is 3.39. The summed E-state index contributed by atoms with van der Waals surface area (Å²) in [5.41, 5.74) is 0.616. The van der Waals surface area contributed by atoms with Gasteiger partial charge in [-0.3, -0.25) is 4.79 Å². The van der Waals surface area contributed by atoms with Gasteiger partial charge in [0.1, 0.15) is 16.4 Å². The lowest BCUT2D eigenvalue weighted by Crippen LogP contribution is -2.23. The number of ether oxygens (including phenoxy) is 1. The first-order valence-corrected chi connectivity index (χ1v) is 8.74. The molecule has 0 saturated heterocycles. The molecule has 0 aliphatic carbocycles. The van der Waals surface area contributed by atoms with E-state index in [-0.39, 0.29) is 22.7 Å². The number of methoxy groups -OCH3 is 1. The summed E-state index contributed by atoms with van der Waals surface area (Å²) in [5, 5.41) is 6.22. The van der Waals surface area contributed by atoms with Crippen molar-refractivity contribution in [2.45, 2.75) is 11.4 Å². The number of rotatable bonds is 6. The zero-order chi connectivity index (χ0) is 17.9. The third kappa shape index (κ3) is 3.78. The van der Waals surface area contributed by atoms with Crippen LogP contribution < -0.4 is 15.0 Å². The average molecular weight is 361 g/mol. The van der Waals surface area contributed by atoms with Crippen LogP contribution in [0.1, 0.15) is 5.76 Å². The number of sulfonamides is 1. The van der Waals surface area contributed by atoms with Crippen LogP contribution in [0.4, 0.5) is 0 Å². The molecular weight excluding hydrogens is 346 g/mol. The smallest absolute Gasteiger partial charge is 0.264 e. The van der Waals surface area contributed by atoms with Crippen LogP contribution in [-0.4, -0.2) is 25.7 Å². The molecule has 25 heavy (non-hydrogen) atoms. The van der Waals surface area contributed by atoms with E-state index in [1.54, 1.807) is 18.2 Å². The normalized spacial score (nSPS) is 11.4. The number of nitrogens with zero attached hydrogens (tertiary/aromatic N) is 1. The van der Waals surface area contributed by atoms with E-state index in [1.165, 1.54) is 37.6 Å². The summed E-state index contributed by atoms with van der Waals surface area (Å²) in [5.74, 6) is 0.682. The number of nitrogens with one attached hydrogen (secondary N) is 2. The Balaban J connectivity index is 1.96. The lowest BCUT2D eigenvalue weighted by atomic mass is 10.1. The van der Waals surface area contributed by atoms with Gasteiger partial charge < -0.3 is 9.15 Å². The highest BCUT2D eigenvalue weighted by molar-refractivity contribution is 7.89. The van der Waals surface area contributed by atoms with E-state index in [1.807, 2.05) is 0 Å². The lowest BCUT2D eigenvalue weighted by Gasteiger charge is -2.12. The van der Waals surface area contributed by atoms with Gasteiger partial charge in [-0.25, -0.2) is 18.2 Å². The highest BCUT2D eigenvalue weighted by Gasteiger charge is 2.21. The first kappa shape index (κ1) is 16.9. The molecule has 0 bridgehead atoms. The van der Waals surface area contributed by atoms with Crippen molar-refractivity contribution in [3.8, 4) is 17.0 Å². The molecule has 8 nitrogen and oxygen atoms in total. The van der Waals surface area contributed by atoms with Crippen molar-refractivity contribution in [3.05, 3.63) is 64.8 Å². The summed E-state index contributed by atoms with van der Waals surface area (Å²) in [6.45, 7) is 0.0135. The zero-order valence-corrected chi connectivity index (χ0v) is 14.0. The summed E-state index contributed by atoms with van der Waals surface area (Å²) in [6.07, 6.45) is 1.46. The Hall–Kier alpha value is -2.91. The van der Waals surface area contributed by atoms with Crippen LogP contribution in [0.3, 0.4) is 0 Å². The van der Waals surface area contributed by atoms with Crippen LogP contribution in [0, 0.1) is 0 Å². The quantitative estimate of drug-likeness (QED) is 0.688. The Bertz CT molecular complexity index is 1010. The van der Waals surface area contributed by atoms with Gasteiger partial charge in [-0.1, -0.05) is 0 Å². The maximum atomic E-state index is 12.6. The molecule has 0 fully saturated rings. The van der Waals surface area contributed by atoms with Gasteiger partial charge in [-0.05, 0) is 36.4 Å². The standard InChI is InChI=1S/C16H15N3O5S/c1-23-14-6-4-11(13-5-7-16(20)19-18-13)9-15(14)25(21,22)17-10-12-3-2-8-24-12/h2-9,17H,10H2,1H3,(H,19,20). The molecule has 0 saturated carbocycles. The Morgan fingerprint density at radius 3 is 2.72 bits per heavy atom. The number of hydrogen-bond donors (Lipinski definition) is 2. The second-order valence-corrected chi connectivity index (χ2v) is 6.81. The number of furan rings is 1. The minimum Gasteiger partial charge on any atom is -0.495 e. The van der Waals surface area contributed by atoms with Crippen molar-refractivity contribution in [2.75, 3.05) is 7.11 Å². The van der Waals surface area contributed by atoms with Gasteiger partial charge in [-0.15, -0.1) is 0 Å². The molecule has 0 aliphatic rings. The third-order valence-electron chi connectivity index (χ3n) is 3.44. The molecule has 0 aliphatic heterocycles. The van der Waals surface area contributed by atoms with Crippen molar-refractivity contribution in [1.82, 2.24) is 14.9 Å².